The molecule has 0 spiro atoms. The number of nitrogens with one attached hydrogen (secondary N) is 2. The number of aromatic amines is 2. The molecule has 0 fully saturated rings. The van der Waals surface area contributed by atoms with Crippen LogP contribution in [-0.2, 0) is 0 Å². The Bertz CT molecular complexity index is 690. The van der Waals surface area contributed by atoms with Gasteiger partial charge in [0.25, 0.3) is 0 Å². The van der Waals surface area contributed by atoms with Crippen LogP contribution < -0.4 is 5.69 Å². The van der Waals surface area contributed by atoms with Crippen LogP contribution in [0.3, 0.4) is 0 Å². The summed E-state index contributed by atoms with van der Waals surface area (Å²) in [5.41, 5.74) is 4.49. The van der Waals surface area contributed by atoms with Gasteiger partial charge in [0.15, 0.2) is 5.65 Å². The van der Waals surface area contributed by atoms with E-state index in [-0.39, 0.29) is 5.69 Å². The van der Waals surface area contributed by atoms with Crippen LogP contribution in [0.5, 0.6) is 0 Å². The molecule has 0 saturated heterocycles. The van der Waals surface area contributed by atoms with E-state index in [1.54, 1.807) is 0 Å². The molecule has 2 heterocycles. The minimum atomic E-state index is -0.216. The van der Waals surface area contributed by atoms with Crippen molar-refractivity contribution in [2.24, 2.45) is 0 Å². The Morgan fingerprint density at radius 2 is 1.81 bits per heavy atom. The van der Waals surface area contributed by atoms with Gasteiger partial charge in [0, 0.05) is 5.39 Å². The van der Waals surface area contributed by atoms with Gasteiger partial charge in [-0.15, -0.1) is 0 Å². The molecule has 0 saturated carbocycles. The van der Waals surface area contributed by atoms with Crippen molar-refractivity contribution >= 4 is 22.1 Å². The molecule has 16 heavy (non-hydrogen) atoms. The molecule has 0 amide bonds. The van der Waals surface area contributed by atoms with E-state index in [1.807, 2.05) is 12.1 Å². The fourth-order valence-electron chi connectivity index (χ4n) is 1.89. The minimum absolute atomic E-state index is 0.216. The van der Waals surface area contributed by atoms with Crippen LogP contribution in [0.4, 0.5) is 0 Å². The Kier molecular flexibility index (Phi) is 1.68. The van der Waals surface area contributed by atoms with E-state index in [9.17, 15) is 4.79 Å². The number of pyridine rings is 1. The van der Waals surface area contributed by atoms with Gasteiger partial charge in [-0.2, -0.15) is 0 Å². The van der Waals surface area contributed by atoms with E-state index < -0.39 is 0 Å². The molecule has 0 aliphatic heterocycles. The molecule has 1 aromatic carbocycles. The highest BCUT2D eigenvalue weighted by Gasteiger charge is 2.04. The molecule has 4 heteroatoms. The van der Waals surface area contributed by atoms with E-state index in [0.717, 1.165) is 16.4 Å². The van der Waals surface area contributed by atoms with Gasteiger partial charge in [-0.1, -0.05) is 0 Å². The second-order valence-electron chi connectivity index (χ2n) is 4.09. The number of aromatic nitrogens is 3. The third-order valence-corrected chi connectivity index (χ3v) is 2.91. The standard InChI is InChI=1S/C12H11N3O/c1-6-3-8-5-10-11(15-12(16)14-10)13-9(8)4-7(6)2/h3-5H,1-2H3,(H2,13,14,15,16). The van der Waals surface area contributed by atoms with Gasteiger partial charge in [-0.05, 0) is 43.2 Å². The highest BCUT2D eigenvalue weighted by atomic mass is 16.1. The molecule has 3 rings (SSSR count). The average molecular weight is 213 g/mol. The molecule has 0 radical (unpaired) electrons. The molecule has 2 aromatic heterocycles. The topological polar surface area (TPSA) is 61.5 Å². The molecule has 0 aliphatic carbocycles. The van der Waals surface area contributed by atoms with Gasteiger partial charge in [0.05, 0.1) is 11.0 Å². The lowest BCUT2D eigenvalue weighted by atomic mass is 10.1. The van der Waals surface area contributed by atoms with Crippen molar-refractivity contribution in [3.8, 4) is 0 Å². The van der Waals surface area contributed by atoms with Crippen molar-refractivity contribution in [1.29, 1.82) is 0 Å². The summed E-state index contributed by atoms with van der Waals surface area (Å²) in [5.74, 6) is 0. The van der Waals surface area contributed by atoms with Gasteiger partial charge in [0.2, 0.25) is 0 Å². The van der Waals surface area contributed by atoms with Gasteiger partial charge >= 0.3 is 5.69 Å². The average Bonchev–Trinajstić information content (AvgIpc) is 2.56. The van der Waals surface area contributed by atoms with Crippen molar-refractivity contribution in [1.82, 2.24) is 15.0 Å². The lowest BCUT2D eigenvalue weighted by Crippen LogP contribution is -1.99. The van der Waals surface area contributed by atoms with Gasteiger partial charge in [-0.25, -0.2) is 9.78 Å². The Morgan fingerprint density at radius 3 is 2.62 bits per heavy atom. The highest BCUT2D eigenvalue weighted by Crippen LogP contribution is 2.20. The Morgan fingerprint density at radius 1 is 1.06 bits per heavy atom. The first kappa shape index (κ1) is 9.15. The molecular formula is C12H11N3O. The van der Waals surface area contributed by atoms with Crippen LogP contribution in [0.1, 0.15) is 11.1 Å². The summed E-state index contributed by atoms with van der Waals surface area (Å²) in [6.07, 6.45) is 0. The Hall–Kier alpha value is -2.10. The summed E-state index contributed by atoms with van der Waals surface area (Å²) in [6, 6.07) is 6.07. The fraction of sp³-hybridized carbons (Fsp3) is 0.167. The number of imidazole rings is 1. The molecule has 2 N–H and O–H groups in total. The van der Waals surface area contributed by atoms with Crippen molar-refractivity contribution < 1.29 is 0 Å². The maximum Gasteiger partial charge on any atom is 0.325 e. The predicted octanol–water partition coefficient (Wildman–Crippen LogP) is 2.02. The van der Waals surface area contributed by atoms with Crippen LogP contribution in [-0.4, -0.2) is 15.0 Å². The summed E-state index contributed by atoms with van der Waals surface area (Å²) in [6.45, 7) is 4.12. The van der Waals surface area contributed by atoms with Gasteiger partial charge in [-0.3, -0.25) is 4.98 Å². The largest absolute Gasteiger partial charge is 0.325 e. The zero-order valence-corrected chi connectivity index (χ0v) is 9.09. The van der Waals surface area contributed by atoms with E-state index in [1.165, 1.54) is 11.1 Å². The number of hydrogen-bond donors (Lipinski definition) is 2. The molecule has 3 aromatic rings. The minimum Gasteiger partial charge on any atom is -0.304 e. The van der Waals surface area contributed by atoms with Crippen LogP contribution in [0, 0.1) is 13.8 Å². The van der Waals surface area contributed by atoms with E-state index in [0.29, 0.717) is 5.65 Å². The zero-order chi connectivity index (χ0) is 11.3. The van der Waals surface area contributed by atoms with E-state index >= 15 is 0 Å². The number of hydrogen-bond acceptors (Lipinski definition) is 2. The van der Waals surface area contributed by atoms with Crippen molar-refractivity contribution in [3.63, 3.8) is 0 Å². The lowest BCUT2D eigenvalue weighted by molar-refractivity contribution is 1.20. The number of aryl methyl sites for hydroxylation is 2. The molecule has 80 valence electrons. The number of H-pyrrole nitrogens is 2. The molecule has 0 atom stereocenters. The zero-order valence-electron chi connectivity index (χ0n) is 9.09. The van der Waals surface area contributed by atoms with Crippen LogP contribution in [0.15, 0.2) is 23.0 Å². The first-order valence-electron chi connectivity index (χ1n) is 5.13. The highest BCUT2D eigenvalue weighted by molar-refractivity contribution is 5.90. The summed E-state index contributed by atoms with van der Waals surface area (Å²) >= 11 is 0. The van der Waals surface area contributed by atoms with Crippen molar-refractivity contribution in [2.75, 3.05) is 0 Å². The third-order valence-electron chi connectivity index (χ3n) is 2.91. The van der Waals surface area contributed by atoms with Gasteiger partial charge < -0.3 is 4.98 Å². The van der Waals surface area contributed by atoms with Crippen molar-refractivity contribution in [2.45, 2.75) is 13.8 Å². The first-order valence-corrected chi connectivity index (χ1v) is 5.13. The molecule has 4 nitrogen and oxygen atoms in total. The second-order valence-corrected chi connectivity index (χ2v) is 4.09. The van der Waals surface area contributed by atoms with E-state index in [2.05, 4.69) is 34.9 Å². The SMILES string of the molecule is Cc1cc2cc3[nH]c(=O)[nH]c3nc2cc1C. The quantitative estimate of drug-likeness (QED) is 0.600. The lowest BCUT2D eigenvalue weighted by Gasteiger charge is -2.02. The van der Waals surface area contributed by atoms with Crippen LogP contribution in [0.2, 0.25) is 0 Å². The first-order chi connectivity index (χ1) is 7.63. The predicted molar refractivity (Wildman–Crippen MR) is 63.7 cm³/mol. The smallest absolute Gasteiger partial charge is 0.304 e. The summed E-state index contributed by atoms with van der Waals surface area (Å²) < 4.78 is 0. The molecule has 0 bridgehead atoms. The second kappa shape index (κ2) is 2.95. The third kappa shape index (κ3) is 1.23. The monoisotopic (exact) mass is 213 g/mol. The number of benzene rings is 1. The normalized spacial score (nSPS) is 11.4. The van der Waals surface area contributed by atoms with Crippen LogP contribution in [0.25, 0.3) is 22.1 Å². The molecular weight excluding hydrogens is 202 g/mol. The summed E-state index contributed by atoms with van der Waals surface area (Å²) in [5, 5.41) is 1.05. The maximum atomic E-state index is 11.2. The number of nitrogens with zero attached hydrogens (tertiary/aromatic N) is 1. The fourth-order valence-corrected chi connectivity index (χ4v) is 1.89. The van der Waals surface area contributed by atoms with Gasteiger partial charge in [0.1, 0.15) is 0 Å². The maximum absolute atomic E-state index is 11.2. The Balaban J connectivity index is 2.50. The number of fused-ring (bicyclic) bond motifs is 2. The van der Waals surface area contributed by atoms with Crippen LogP contribution >= 0.6 is 0 Å². The Labute approximate surface area is 91.3 Å². The summed E-state index contributed by atoms with van der Waals surface area (Å²) in [7, 11) is 0. The van der Waals surface area contributed by atoms with Crippen molar-refractivity contribution in [3.05, 3.63) is 39.8 Å². The number of rotatable bonds is 0. The molecule has 0 unspecified atom stereocenters. The summed E-state index contributed by atoms with van der Waals surface area (Å²) in [4.78, 5) is 20.9. The molecule has 0 aliphatic rings. The van der Waals surface area contributed by atoms with E-state index in [4.69, 9.17) is 0 Å².